The molecule has 3 heteroatoms. The Morgan fingerprint density at radius 2 is 2.22 bits per heavy atom. The van der Waals surface area contributed by atoms with Gasteiger partial charge in [-0.3, -0.25) is 0 Å². The maximum atomic E-state index is 13.0. The average molecular weight is 251 g/mol. The van der Waals surface area contributed by atoms with Gasteiger partial charge in [-0.1, -0.05) is 12.5 Å². The molecule has 0 aliphatic heterocycles. The van der Waals surface area contributed by atoms with Crippen LogP contribution in [0.4, 0.5) is 4.39 Å². The number of rotatable bonds is 4. The predicted molar refractivity (Wildman–Crippen MR) is 70.8 cm³/mol. The van der Waals surface area contributed by atoms with Crippen LogP contribution >= 0.6 is 0 Å². The number of aliphatic hydroxyl groups excluding tert-OH is 1. The zero-order valence-corrected chi connectivity index (χ0v) is 11.0. The molecule has 0 aromatic heterocycles. The molecule has 100 valence electrons. The minimum atomic E-state index is -0.174. The van der Waals surface area contributed by atoms with E-state index >= 15 is 0 Å². The predicted octanol–water partition coefficient (Wildman–Crippen LogP) is 2.77. The van der Waals surface area contributed by atoms with Gasteiger partial charge in [-0.05, 0) is 61.9 Å². The highest BCUT2D eigenvalue weighted by Gasteiger charge is 2.19. The lowest BCUT2D eigenvalue weighted by Crippen LogP contribution is -2.29. The van der Waals surface area contributed by atoms with Gasteiger partial charge in [-0.2, -0.15) is 0 Å². The van der Waals surface area contributed by atoms with Gasteiger partial charge in [-0.15, -0.1) is 0 Å². The van der Waals surface area contributed by atoms with Crippen LogP contribution in [0, 0.1) is 18.7 Å². The Hall–Kier alpha value is -0.930. The minimum absolute atomic E-state index is 0.113. The van der Waals surface area contributed by atoms with Gasteiger partial charge in [0.2, 0.25) is 0 Å². The van der Waals surface area contributed by atoms with Gasteiger partial charge in [0.05, 0.1) is 6.10 Å². The third-order valence-electron chi connectivity index (χ3n) is 3.81. The van der Waals surface area contributed by atoms with Crippen molar-refractivity contribution in [3.05, 3.63) is 35.1 Å². The monoisotopic (exact) mass is 251 g/mol. The first-order valence-electron chi connectivity index (χ1n) is 6.79. The van der Waals surface area contributed by atoms with Crippen LogP contribution in [0.25, 0.3) is 0 Å². The molecule has 2 atom stereocenters. The van der Waals surface area contributed by atoms with E-state index in [0.29, 0.717) is 5.92 Å². The fourth-order valence-electron chi connectivity index (χ4n) is 2.72. The lowest BCUT2D eigenvalue weighted by molar-refractivity contribution is 0.101. The van der Waals surface area contributed by atoms with Crippen LogP contribution in [0.5, 0.6) is 0 Å². The molecule has 1 aliphatic rings. The molecular formula is C15H22FNO. The Morgan fingerprint density at radius 1 is 1.39 bits per heavy atom. The summed E-state index contributed by atoms with van der Waals surface area (Å²) < 4.78 is 13.0. The quantitative estimate of drug-likeness (QED) is 0.862. The molecule has 0 radical (unpaired) electrons. The third kappa shape index (κ3) is 3.79. The normalized spacial score (nSPS) is 24.2. The van der Waals surface area contributed by atoms with E-state index in [1.165, 1.54) is 12.5 Å². The number of halogens is 1. The van der Waals surface area contributed by atoms with E-state index in [9.17, 15) is 9.50 Å². The van der Waals surface area contributed by atoms with E-state index in [4.69, 9.17) is 0 Å². The van der Waals surface area contributed by atoms with E-state index in [2.05, 4.69) is 5.32 Å². The van der Waals surface area contributed by atoms with Crippen LogP contribution in [-0.4, -0.2) is 17.8 Å². The van der Waals surface area contributed by atoms with E-state index < -0.39 is 0 Å². The van der Waals surface area contributed by atoms with Crippen molar-refractivity contribution in [1.82, 2.24) is 5.32 Å². The second kappa shape index (κ2) is 6.30. The Morgan fingerprint density at radius 3 is 2.94 bits per heavy atom. The first kappa shape index (κ1) is 13.5. The highest BCUT2D eigenvalue weighted by Crippen LogP contribution is 2.23. The minimum Gasteiger partial charge on any atom is -0.393 e. The molecule has 1 aromatic carbocycles. The maximum absolute atomic E-state index is 13.0. The maximum Gasteiger partial charge on any atom is 0.123 e. The summed E-state index contributed by atoms with van der Waals surface area (Å²) in [6, 6.07) is 4.92. The standard InChI is InChI=1S/C15H22FNO/c1-11-7-14(16)6-5-13(11)10-17-9-12-3-2-4-15(18)8-12/h5-7,12,15,17-18H,2-4,8-10H2,1H3. The fourth-order valence-corrected chi connectivity index (χ4v) is 2.72. The molecule has 0 saturated heterocycles. The van der Waals surface area contributed by atoms with Crippen LogP contribution in [0.1, 0.15) is 36.8 Å². The lowest BCUT2D eigenvalue weighted by atomic mass is 9.87. The summed E-state index contributed by atoms with van der Waals surface area (Å²) in [5, 5.41) is 13.0. The first-order valence-corrected chi connectivity index (χ1v) is 6.79. The molecule has 1 aromatic rings. The van der Waals surface area contributed by atoms with Crippen LogP contribution in [0.15, 0.2) is 18.2 Å². The molecule has 2 nitrogen and oxygen atoms in total. The molecule has 1 aliphatic carbocycles. The van der Waals surface area contributed by atoms with Crippen molar-refractivity contribution in [2.45, 2.75) is 45.3 Å². The third-order valence-corrected chi connectivity index (χ3v) is 3.81. The van der Waals surface area contributed by atoms with Crippen LogP contribution in [0.2, 0.25) is 0 Å². The molecule has 0 bridgehead atoms. The molecule has 2 N–H and O–H groups in total. The number of aliphatic hydroxyl groups is 1. The average Bonchev–Trinajstić information content (AvgIpc) is 2.32. The summed E-state index contributed by atoms with van der Waals surface area (Å²) in [4.78, 5) is 0. The highest BCUT2D eigenvalue weighted by molar-refractivity contribution is 5.26. The molecule has 0 heterocycles. The number of hydrogen-bond donors (Lipinski definition) is 2. The van der Waals surface area contributed by atoms with Crippen LogP contribution in [0.3, 0.4) is 0 Å². The lowest BCUT2D eigenvalue weighted by Gasteiger charge is -2.26. The molecule has 0 spiro atoms. The Kier molecular flexibility index (Phi) is 4.72. The number of benzene rings is 1. The van der Waals surface area contributed by atoms with E-state index in [1.54, 1.807) is 6.07 Å². The molecular weight excluding hydrogens is 229 g/mol. The molecule has 18 heavy (non-hydrogen) atoms. The molecule has 2 unspecified atom stereocenters. The molecule has 0 amide bonds. The van der Waals surface area contributed by atoms with Crippen LogP contribution in [-0.2, 0) is 6.54 Å². The Balaban J connectivity index is 1.77. The largest absolute Gasteiger partial charge is 0.393 e. The summed E-state index contributed by atoms with van der Waals surface area (Å²) in [5.74, 6) is 0.404. The van der Waals surface area contributed by atoms with Gasteiger partial charge in [0.25, 0.3) is 0 Å². The summed E-state index contributed by atoms with van der Waals surface area (Å²) in [7, 11) is 0. The fraction of sp³-hybridized carbons (Fsp3) is 0.600. The van der Waals surface area contributed by atoms with Gasteiger partial charge in [0.15, 0.2) is 0 Å². The summed E-state index contributed by atoms with van der Waals surface area (Å²) >= 11 is 0. The number of aryl methyl sites for hydroxylation is 1. The second-order valence-electron chi connectivity index (χ2n) is 5.39. The van der Waals surface area contributed by atoms with Crippen molar-refractivity contribution in [2.75, 3.05) is 6.54 Å². The zero-order chi connectivity index (χ0) is 13.0. The van der Waals surface area contributed by atoms with E-state index in [0.717, 1.165) is 43.5 Å². The van der Waals surface area contributed by atoms with Gasteiger partial charge in [0, 0.05) is 6.54 Å². The topological polar surface area (TPSA) is 32.3 Å². The Bertz CT molecular complexity index is 394. The second-order valence-corrected chi connectivity index (χ2v) is 5.39. The Labute approximate surface area is 108 Å². The van der Waals surface area contributed by atoms with Crippen molar-refractivity contribution < 1.29 is 9.50 Å². The van der Waals surface area contributed by atoms with Crippen LogP contribution < -0.4 is 5.32 Å². The zero-order valence-electron chi connectivity index (χ0n) is 11.0. The highest BCUT2D eigenvalue weighted by atomic mass is 19.1. The van der Waals surface area contributed by atoms with Gasteiger partial charge < -0.3 is 10.4 Å². The SMILES string of the molecule is Cc1cc(F)ccc1CNCC1CCCC(O)C1. The summed E-state index contributed by atoms with van der Waals surface area (Å²) in [6.07, 6.45) is 4.08. The van der Waals surface area contributed by atoms with E-state index in [1.807, 2.05) is 13.0 Å². The number of nitrogens with one attached hydrogen (secondary N) is 1. The molecule has 2 rings (SSSR count). The van der Waals surface area contributed by atoms with Crippen molar-refractivity contribution in [3.63, 3.8) is 0 Å². The van der Waals surface area contributed by atoms with Crippen molar-refractivity contribution in [3.8, 4) is 0 Å². The van der Waals surface area contributed by atoms with Gasteiger partial charge >= 0.3 is 0 Å². The summed E-state index contributed by atoms with van der Waals surface area (Å²) in [6.45, 7) is 3.65. The van der Waals surface area contributed by atoms with Crippen molar-refractivity contribution in [2.24, 2.45) is 5.92 Å². The van der Waals surface area contributed by atoms with Crippen molar-refractivity contribution >= 4 is 0 Å². The molecule has 1 fully saturated rings. The van der Waals surface area contributed by atoms with Crippen molar-refractivity contribution in [1.29, 1.82) is 0 Å². The first-order chi connectivity index (χ1) is 8.65. The van der Waals surface area contributed by atoms with Gasteiger partial charge in [0.1, 0.15) is 5.82 Å². The molecule has 1 saturated carbocycles. The number of hydrogen-bond acceptors (Lipinski definition) is 2. The van der Waals surface area contributed by atoms with E-state index in [-0.39, 0.29) is 11.9 Å². The smallest absolute Gasteiger partial charge is 0.123 e. The summed E-state index contributed by atoms with van der Waals surface area (Å²) in [5.41, 5.74) is 2.14. The van der Waals surface area contributed by atoms with Gasteiger partial charge in [-0.25, -0.2) is 4.39 Å².